The van der Waals surface area contributed by atoms with Gasteiger partial charge in [-0.3, -0.25) is 4.68 Å². The average molecular weight is 267 g/mol. The minimum atomic E-state index is -0.485. The van der Waals surface area contributed by atoms with Crippen LogP contribution in [0.15, 0.2) is 6.33 Å². The number of ether oxygens (including phenoxy) is 2. The number of rotatable bonds is 6. The van der Waals surface area contributed by atoms with Gasteiger partial charge in [0, 0.05) is 19.8 Å². The summed E-state index contributed by atoms with van der Waals surface area (Å²) < 4.78 is 11.6. The van der Waals surface area contributed by atoms with Crippen molar-refractivity contribution in [3.63, 3.8) is 0 Å². The maximum absolute atomic E-state index is 11.2. The van der Waals surface area contributed by atoms with E-state index in [0.717, 1.165) is 32.1 Å². The Morgan fingerprint density at radius 3 is 3.00 bits per heavy atom. The normalized spacial score (nSPS) is 16.5. The Labute approximate surface area is 113 Å². The van der Waals surface area contributed by atoms with E-state index in [9.17, 15) is 4.79 Å². The summed E-state index contributed by atoms with van der Waals surface area (Å²) in [6, 6.07) is 0. The summed E-state index contributed by atoms with van der Waals surface area (Å²) in [5.41, 5.74) is 0. The summed E-state index contributed by atoms with van der Waals surface area (Å²) in [4.78, 5) is 15.1. The summed E-state index contributed by atoms with van der Waals surface area (Å²) in [5, 5.41) is 4.08. The third-order valence-electron chi connectivity index (χ3n) is 3.49. The Hall–Kier alpha value is -1.43. The van der Waals surface area contributed by atoms with Crippen molar-refractivity contribution in [2.24, 2.45) is 5.92 Å². The maximum atomic E-state index is 11.2. The van der Waals surface area contributed by atoms with Crippen LogP contribution in [-0.4, -0.2) is 41.1 Å². The molecule has 0 aromatic carbocycles. The first-order valence-electron chi connectivity index (χ1n) is 6.85. The van der Waals surface area contributed by atoms with Crippen molar-refractivity contribution in [1.29, 1.82) is 0 Å². The van der Waals surface area contributed by atoms with Gasteiger partial charge in [-0.25, -0.2) is 9.78 Å². The molecule has 1 aromatic heterocycles. The highest BCUT2D eigenvalue weighted by Crippen LogP contribution is 2.20. The zero-order chi connectivity index (χ0) is 13.5. The molecule has 2 rings (SSSR count). The first-order valence-corrected chi connectivity index (χ1v) is 6.85. The average Bonchev–Trinajstić information content (AvgIpc) is 2.93. The number of aromatic nitrogens is 3. The molecule has 1 aliphatic rings. The summed E-state index contributed by atoms with van der Waals surface area (Å²) in [6.07, 6.45) is 7.45. The molecule has 6 nitrogen and oxygen atoms in total. The molecule has 0 aliphatic carbocycles. The van der Waals surface area contributed by atoms with Gasteiger partial charge in [-0.05, 0) is 25.2 Å². The monoisotopic (exact) mass is 267 g/mol. The van der Waals surface area contributed by atoms with Crippen LogP contribution in [0.3, 0.4) is 0 Å². The van der Waals surface area contributed by atoms with Crippen LogP contribution in [0, 0.1) is 5.92 Å². The van der Waals surface area contributed by atoms with E-state index in [-0.39, 0.29) is 5.82 Å². The molecule has 0 bridgehead atoms. The van der Waals surface area contributed by atoms with Crippen LogP contribution >= 0.6 is 0 Å². The molecule has 1 aliphatic heterocycles. The standard InChI is InChI=1S/C13H21N3O3/c1-18-13(17)12-14-10-16(15-12)7-3-2-4-11-5-8-19-9-6-11/h10-11H,2-9H2,1H3. The van der Waals surface area contributed by atoms with Gasteiger partial charge in [0.05, 0.1) is 7.11 Å². The van der Waals surface area contributed by atoms with E-state index in [1.54, 1.807) is 11.0 Å². The summed E-state index contributed by atoms with van der Waals surface area (Å²) in [7, 11) is 1.33. The Bertz CT molecular complexity index is 400. The van der Waals surface area contributed by atoms with E-state index in [4.69, 9.17) is 4.74 Å². The first kappa shape index (κ1) is 14.0. The van der Waals surface area contributed by atoms with E-state index in [1.807, 2.05) is 0 Å². The molecule has 1 aromatic rings. The molecule has 0 unspecified atom stereocenters. The van der Waals surface area contributed by atoms with E-state index in [2.05, 4.69) is 14.8 Å². The highest BCUT2D eigenvalue weighted by atomic mass is 16.5. The van der Waals surface area contributed by atoms with Crippen LogP contribution in [0.5, 0.6) is 0 Å². The van der Waals surface area contributed by atoms with Crippen LogP contribution in [-0.2, 0) is 16.0 Å². The van der Waals surface area contributed by atoms with E-state index in [0.29, 0.717) is 0 Å². The third-order valence-corrected chi connectivity index (χ3v) is 3.49. The van der Waals surface area contributed by atoms with Crippen molar-refractivity contribution >= 4 is 5.97 Å². The number of hydrogen-bond acceptors (Lipinski definition) is 5. The number of esters is 1. The lowest BCUT2D eigenvalue weighted by Crippen LogP contribution is -2.15. The fourth-order valence-electron chi connectivity index (χ4n) is 2.33. The smallest absolute Gasteiger partial charge is 0.377 e. The molecule has 106 valence electrons. The summed E-state index contributed by atoms with van der Waals surface area (Å²) >= 11 is 0. The third kappa shape index (κ3) is 4.31. The molecule has 19 heavy (non-hydrogen) atoms. The van der Waals surface area contributed by atoms with Gasteiger partial charge in [-0.15, -0.1) is 5.10 Å². The van der Waals surface area contributed by atoms with Gasteiger partial charge in [0.15, 0.2) is 0 Å². The molecular formula is C13H21N3O3. The van der Waals surface area contributed by atoms with Gasteiger partial charge < -0.3 is 9.47 Å². The van der Waals surface area contributed by atoms with Crippen LogP contribution < -0.4 is 0 Å². The van der Waals surface area contributed by atoms with Gasteiger partial charge in [0.25, 0.3) is 5.82 Å². The minimum absolute atomic E-state index is 0.131. The second-order valence-electron chi connectivity index (χ2n) is 4.87. The number of carbonyl (C=O) groups is 1. The first-order chi connectivity index (χ1) is 9.29. The van der Waals surface area contributed by atoms with Crippen LogP contribution in [0.4, 0.5) is 0 Å². The van der Waals surface area contributed by atoms with Crippen LogP contribution in [0.25, 0.3) is 0 Å². The van der Waals surface area contributed by atoms with Gasteiger partial charge >= 0.3 is 5.97 Å². The van der Waals surface area contributed by atoms with Crippen molar-refractivity contribution < 1.29 is 14.3 Å². The van der Waals surface area contributed by atoms with Crippen molar-refractivity contribution in [3.8, 4) is 0 Å². The maximum Gasteiger partial charge on any atom is 0.377 e. The molecule has 1 saturated heterocycles. The Balaban J connectivity index is 1.65. The molecule has 0 amide bonds. The van der Waals surface area contributed by atoms with Gasteiger partial charge in [-0.2, -0.15) is 0 Å². The van der Waals surface area contributed by atoms with Crippen LogP contribution in [0.1, 0.15) is 42.7 Å². The van der Waals surface area contributed by atoms with Gasteiger partial charge in [0.2, 0.25) is 0 Å². The number of unbranched alkanes of at least 4 members (excludes halogenated alkanes) is 1. The summed E-state index contributed by atoms with van der Waals surface area (Å²) in [5.74, 6) is 0.461. The topological polar surface area (TPSA) is 66.2 Å². The van der Waals surface area contributed by atoms with E-state index in [1.165, 1.54) is 32.8 Å². The molecule has 0 atom stereocenters. The molecule has 0 N–H and O–H groups in total. The predicted octanol–water partition coefficient (Wildman–Crippen LogP) is 1.66. The fourth-order valence-corrected chi connectivity index (χ4v) is 2.33. The van der Waals surface area contributed by atoms with Gasteiger partial charge in [0.1, 0.15) is 6.33 Å². The van der Waals surface area contributed by atoms with Crippen molar-refractivity contribution in [2.75, 3.05) is 20.3 Å². The lowest BCUT2D eigenvalue weighted by atomic mass is 9.94. The second-order valence-corrected chi connectivity index (χ2v) is 4.87. The zero-order valence-electron chi connectivity index (χ0n) is 11.4. The van der Waals surface area contributed by atoms with E-state index >= 15 is 0 Å². The minimum Gasteiger partial charge on any atom is -0.463 e. The highest BCUT2D eigenvalue weighted by molar-refractivity contribution is 5.84. The Morgan fingerprint density at radius 2 is 2.26 bits per heavy atom. The Morgan fingerprint density at radius 1 is 1.47 bits per heavy atom. The van der Waals surface area contributed by atoms with Crippen LogP contribution in [0.2, 0.25) is 0 Å². The highest BCUT2D eigenvalue weighted by Gasteiger charge is 2.13. The number of nitrogens with zero attached hydrogens (tertiary/aromatic N) is 3. The molecule has 0 saturated carbocycles. The number of methoxy groups -OCH3 is 1. The zero-order valence-corrected chi connectivity index (χ0v) is 11.4. The molecule has 2 heterocycles. The van der Waals surface area contributed by atoms with E-state index < -0.39 is 5.97 Å². The SMILES string of the molecule is COC(=O)c1ncn(CCCCC2CCOCC2)n1. The number of aryl methyl sites for hydroxylation is 1. The van der Waals surface area contributed by atoms with Crippen molar-refractivity contribution in [1.82, 2.24) is 14.8 Å². The second kappa shape index (κ2) is 7.23. The van der Waals surface area contributed by atoms with Crippen molar-refractivity contribution in [3.05, 3.63) is 12.2 Å². The number of carbonyl (C=O) groups excluding carboxylic acids is 1. The predicted molar refractivity (Wildman–Crippen MR) is 68.8 cm³/mol. The number of hydrogen-bond donors (Lipinski definition) is 0. The summed E-state index contributed by atoms with van der Waals surface area (Å²) in [6.45, 7) is 2.62. The van der Waals surface area contributed by atoms with Crippen molar-refractivity contribution in [2.45, 2.75) is 38.6 Å². The molecule has 0 radical (unpaired) electrons. The molecular weight excluding hydrogens is 246 g/mol. The Kier molecular flexibility index (Phi) is 5.32. The molecule has 1 fully saturated rings. The lowest BCUT2D eigenvalue weighted by Gasteiger charge is -2.21. The molecule has 6 heteroatoms. The largest absolute Gasteiger partial charge is 0.463 e. The van der Waals surface area contributed by atoms with Gasteiger partial charge in [-0.1, -0.05) is 12.8 Å². The fraction of sp³-hybridized carbons (Fsp3) is 0.769. The quantitative estimate of drug-likeness (QED) is 0.579. The lowest BCUT2D eigenvalue weighted by molar-refractivity contribution is 0.0586. The molecule has 0 spiro atoms.